The SMILES string of the molecule is COC(=O)c1cc(F)nc(C2(C)CC2)c1. The van der Waals surface area contributed by atoms with Gasteiger partial charge in [-0.05, 0) is 18.9 Å². The van der Waals surface area contributed by atoms with E-state index in [2.05, 4.69) is 9.72 Å². The zero-order valence-corrected chi connectivity index (χ0v) is 8.71. The minimum absolute atomic E-state index is 0.0507. The molecular weight excluding hydrogens is 197 g/mol. The molecule has 1 aliphatic carbocycles. The number of hydrogen-bond acceptors (Lipinski definition) is 3. The van der Waals surface area contributed by atoms with Crippen LogP contribution in [0.15, 0.2) is 12.1 Å². The van der Waals surface area contributed by atoms with Crippen molar-refractivity contribution in [2.24, 2.45) is 0 Å². The number of aromatic nitrogens is 1. The molecule has 15 heavy (non-hydrogen) atoms. The molecule has 0 amide bonds. The van der Waals surface area contributed by atoms with Crippen molar-refractivity contribution in [1.82, 2.24) is 4.98 Å². The van der Waals surface area contributed by atoms with Crippen LogP contribution in [0.4, 0.5) is 4.39 Å². The van der Waals surface area contributed by atoms with Crippen LogP contribution in [0.5, 0.6) is 0 Å². The van der Waals surface area contributed by atoms with Crippen molar-refractivity contribution in [1.29, 1.82) is 0 Å². The summed E-state index contributed by atoms with van der Waals surface area (Å²) in [5.74, 6) is -1.15. The summed E-state index contributed by atoms with van der Waals surface area (Å²) in [6.07, 6.45) is 1.98. The lowest BCUT2D eigenvalue weighted by Gasteiger charge is -2.09. The van der Waals surface area contributed by atoms with Crippen molar-refractivity contribution in [2.45, 2.75) is 25.2 Å². The van der Waals surface area contributed by atoms with Crippen LogP contribution < -0.4 is 0 Å². The molecule has 1 aromatic rings. The minimum atomic E-state index is -0.624. The summed E-state index contributed by atoms with van der Waals surface area (Å²) in [5.41, 5.74) is 0.821. The lowest BCUT2D eigenvalue weighted by Crippen LogP contribution is -2.09. The molecule has 0 spiro atoms. The number of carbonyl (C=O) groups is 1. The summed E-state index contributed by atoms with van der Waals surface area (Å²) in [6, 6.07) is 2.71. The van der Waals surface area contributed by atoms with Gasteiger partial charge < -0.3 is 4.74 Å². The number of pyridine rings is 1. The Morgan fingerprint density at radius 1 is 1.53 bits per heavy atom. The van der Waals surface area contributed by atoms with Crippen LogP contribution in [-0.4, -0.2) is 18.1 Å². The van der Waals surface area contributed by atoms with Gasteiger partial charge in [0.25, 0.3) is 0 Å². The van der Waals surface area contributed by atoms with E-state index in [9.17, 15) is 9.18 Å². The smallest absolute Gasteiger partial charge is 0.338 e. The summed E-state index contributed by atoms with van der Waals surface area (Å²) < 4.78 is 17.7. The first-order valence-electron chi connectivity index (χ1n) is 4.81. The number of carbonyl (C=O) groups excluding carboxylic acids is 1. The average Bonchev–Trinajstić information content (AvgIpc) is 2.96. The number of hydrogen-bond donors (Lipinski definition) is 0. The molecule has 0 aromatic carbocycles. The van der Waals surface area contributed by atoms with Crippen molar-refractivity contribution in [3.05, 3.63) is 29.3 Å². The fraction of sp³-hybridized carbons (Fsp3) is 0.455. The molecule has 0 N–H and O–H groups in total. The Morgan fingerprint density at radius 3 is 2.73 bits per heavy atom. The highest BCUT2D eigenvalue weighted by Crippen LogP contribution is 2.46. The first kappa shape index (κ1) is 10.1. The van der Waals surface area contributed by atoms with Crippen LogP contribution in [0, 0.1) is 5.95 Å². The number of nitrogens with zero attached hydrogens (tertiary/aromatic N) is 1. The molecule has 80 valence electrons. The maximum absolute atomic E-state index is 13.2. The molecule has 1 aromatic heterocycles. The van der Waals surface area contributed by atoms with Crippen LogP contribution >= 0.6 is 0 Å². The molecule has 0 saturated heterocycles. The molecule has 1 heterocycles. The zero-order chi connectivity index (χ0) is 11.1. The van der Waals surface area contributed by atoms with Gasteiger partial charge >= 0.3 is 5.97 Å². The second-order valence-corrected chi connectivity index (χ2v) is 4.12. The molecule has 4 heteroatoms. The predicted octanol–water partition coefficient (Wildman–Crippen LogP) is 2.06. The number of rotatable bonds is 2. The van der Waals surface area contributed by atoms with E-state index in [1.807, 2.05) is 6.92 Å². The van der Waals surface area contributed by atoms with Crippen molar-refractivity contribution >= 4 is 5.97 Å². The molecule has 0 bridgehead atoms. The second kappa shape index (κ2) is 3.29. The third kappa shape index (κ3) is 1.84. The van der Waals surface area contributed by atoms with E-state index >= 15 is 0 Å². The van der Waals surface area contributed by atoms with E-state index in [4.69, 9.17) is 0 Å². The van der Waals surface area contributed by atoms with E-state index in [1.54, 1.807) is 6.07 Å². The quantitative estimate of drug-likeness (QED) is 0.552. The van der Waals surface area contributed by atoms with Gasteiger partial charge in [0.05, 0.1) is 18.4 Å². The van der Waals surface area contributed by atoms with Gasteiger partial charge in [0.15, 0.2) is 0 Å². The van der Waals surface area contributed by atoms with E-state index in [0.29, 0.717) is 5.69 Å². The Bertz CT molecular complexity index is 413. The topological polar surface area (TPSA) is 39.2 Å². The van der Waals surface area contributed by atoms with Crippen LogP contribution in [0.2, 0.25) is 0 Å². The third-order valence-corrected chi connectivity index (χ3v) is 2.83. The highest BCUT2D eigenvalue weighted by molar-refractivity contribution is 5.89. The van der Waals surface area contributed by atoms with Gasteiger partial charge in [-0.25, -0.2) is 9.78 Å². The van der Waals surface area contributed by atoms with Crippen LogP contribution in [0.1, 0.15) is 35.8 Å². The Hall–Kier alpha value is -1.45. The molecule has 0 unspecified atom stereocenters. The van der Waals surface area contributed by atoms with Crippen LogP contribution in [0.25, 0.3) is 0 Å². The molecule has 2 rings (SSSR count). The maximum Gasteiger partial charge on any atom is 0.338 e. The van der Waals surface area contributed by atoms with Crippen molar-refractivity contribution in [3.8, 4) is 0 Å². The molecule has 1 aliphatic rings. The Morgan fingerprint density at radius 2 is 2.20 bits per heavy atom. The molecule has 3 nitrogen and oxygen atoms in total. The van der Waals surface area contributed by atoms with Crippen LogP contribution in [-0.2, 0) is 10.2 Å². The van der Waals surface area contributed by atoms with Crippen molar-refractivity contribution in [3.63, 3.8) is 0 Å². The maximum atomic E-state index is 13.2. The Balaban J connectivity index is 2.41. The number of ether oxygens (including phenoxy) is 1. The molecule has 1 saturated carbocycles. The van der Waals surface area contributed by atoms with Gasteiger partial charge in [-0.1, -0.05) is 6.92 Å². The van der Waals surface area contributed by atoms with E-state index < -0.39 is 11.9 Å². The predicted molar refractivity (Wildman–Crippen MR) is 52.1 cm³/mol. The summed E-state index contributed by atoms with van der Waals surface area (Å²) in [5, 5.41) is 0. The molecule has 1 fully saturated rings. The van der Waals surface area contributed by atoms with Gasteiger partial charge in [0.1, 0.15) is 0 Å². The first-order valence-corrected chi connectivity index (χ1v) is 4.81. The number of halogens is 1. The van der Waals surface area contributed by atoms with Gasteiger partial charge in [0, 0.05) is 11.5 Å². The van der Waals surface area contributed by atoms with Gasteiger partial charge in [-0.3, -0.25) is 0 Å². The first-order chi connectivity index (χ1) is 7.05. The summed E-state index contributed by atoms with van der Waals surface area (Å²) in [6.45, 7) is 2.01. The molecule has 0 radical (unpaired) electrons. The minimum Gasteiger partial charge on any atom is -0.465 e. The van der Waals surface area contributed by atoms with Gasteiger partial charge in [-0.15, -0.1) is 0 Å². The lowest BCUT2D eigenvalue weighted by atomic mass is 10.0. The Kier molecular flexibility index (Phi) is 2.21. The zero-order valence-electron chi connectivity index (χ0n) is 8.71. The largest absolute Gasteiger partial charge is 0.465 e. The van der Waals surface area contributed by atoms with Gasteiger partial charge in [-0.2, -0.15) is 4.39 Å². The number of methoxy groups -OCH3 is 1. The summed E-state index contributed by atoms with van der Waals surface area (Å²) in [7, 11) is 1.28. The fourth-order valence-electron chi connectivity index (χ4n) is 1.49. The van der Waals surface area contributed by atoms with Crippen molar-refractivity contribution < 1.29 is 13.9 Å². The highest BCUT2D eigenvalue weighted by atomic mass is 19.1. The van der Waals surface area contributed by atoms with Gasteiger partial charge in [0.2, 0.25) is 5.95 Å². The lowest BCUT2D eigenvalue weighted by molar-refractivity contribution is 0.0599. The monoisotopic (exact) mass is 209 g/mol. The highest BCUT2D eigenvalue weighted by Gasteiger charge is 2.41. The fourth-order valence-corrected chi connectivity index (χ4v) is 1.49. The molecular formula is C11H12FNO2. The molecule has 0 atom stereocenters. The van der Waals surface area contributed by atoms with Crippen molar-refractivity contribution in [2.75, 3.05) is 7.11 Å². The van der Waals surface area contributed by atoms with E-state index in [1.165, 1.54) is 7.11 Å². The van der Waals surface area contributed by atoms with E-state index in [0.717, 1.165) is 18.9 Å². The summed E-state index contributed by atoms with van der Waals surface area (Å²) in [4.78, 5) is 15.1. The standard InChI is InChI=1S/C11H12FNO2/c1-11(3-4-11)8-5-7(10(14)15-2)6-9(12)13-8/h5-6H,3-4H2,1-2H3. The second-order valence-electron chi connectivity index (χ2n) is 4.12. The third-order valence-electron chi connectivity index (χ3n) is 2.83. The summed E-state index contributed by atoms with van der Waals surface area (Å²) >= 11 is 0. The van der Waals surface area contributed by atoms with Crippen LogP contribution in [0.3, 0.4) is 0 Å². The number of esters is 1. The van der Waals surface area contributed by atoms with E-state index in [-0.39, 0.29) is 11.0 Å². The Labute approximate surface area is 87.3 Å². The molecule has 0 aliphatic heterocycles. The average molecular weight is 209 g/mol. The normalized spacial score (nSPS) is 17.3.